The van der Waals surface area contributed by atoms with E-state index in [4.69, 9.17) is 0 Å². The summed E-state index contributed by atoms with van der Waals surface area (Å²) in [6, 6.07) is 4.43. The number of nitrogens with zero attached hydrogens (tertiary/aromatic N) is 3. The average molecular weight is 375 g/mol. The zero-order chi connectivity index (χ0) is 18.1. The van der Waals surface area contributed by atoms with E-state index in [1.165, 1.54) is 49.8 Å². The molecule has 1 N–H and O–H groups in total. The van der Waals surface area contributed by atoms with Crippen molar-refractivity contribution in [2.24, 2.45) is 4.99 Å². The van der Waals surface area contributed by atoms with Gasteiger partial charge in [-0.15, -0.1) is 0 Å². The second-order valence-corrected chi connectivity index (χ2v) is 7.98. The third kappa shape index (κ3) is 3.64. The molecule has 0 aromatic heterocycles. The molecule has 0 spiro atoms. The summed E-state index contributed by atoms with van der Waals surface area (Å²) in [7, 11) is 0. The quantitative estimate of drug-likeness (QED) is 0.805. The molecule has 1 aromatic rings. The van der Waals surface area contributed by atoms with E-state index >= 15 is 0 Å². The number of likely N-dealkylation sites (tertiary alicyclic amines) is 2. The van der Waals surface area contributed by atoms with Gasteiger partial charge in [-0.1, -0.05) is 0 Å². The van der Waals surface area contributed by atoms with E-state index in [1.54, 1.807) is 6.08 Å². The minimum absolute atomic E-state index is 0.175. The number of carbonyl (C=O) groups is 1. The molecule has 1 amide bonds. The first-order chi connectivity index (χ1) is 12.6. The maximum absolute atomic E-state index is 13.1. The number of thioether (sulfide) groups is 1. The van der Waals surface area contributed by atoms with E-state index in [0.29, 0.717) is 16.5 Å². The van der Waals surface area contributed by atoms with Gasteiger partial charge in [-0.05, 0) is 68.7 Å². The monoisotopic (exact) mass is 375 g/mol. The van der Waals surface area contributed by atoms with Crippen molar-refractivity contribution in [3.8, 4) is 5.75 Å². The molecule has 3 aliphatic rings. The molecule has 0 bridgehead atoms. The van der Waals surface area contributed by atoms with E-state index in [0.717, 1.165) is 37.2 Å². The number of aliphatic imine (C=N–C) groups is 1. The highest BCUT2D eigenvalue weighted by atomic mass is 32.2. The van der Waals surface area contributed by atoms with Crippen molar-refractivity contribution in [3.05, 3.63) is 34.5 Å². The molecule has 7 heteroatoms. The highest BCUT2D eigenvalue weighted by Gasteiger charge is 2.31. The Bertz CT molecular complexity index is 766. The van der Waals surface area contributed by atoms with Gasteiger partial charge in [-0.25, -0.2) is 4.39 Å². The minimum Gasteiger partial charge on any atom is -0.507 e. The van der Waals surface area contributed by atoms with Crippen LogP contribution in [0, 0.1) is 5.82 Å². The van der Waals surface area contributed by atoms with Crippen LogP contribution in [-0.4, -0.2) is 58.2 Å². The molecular formula is C19H22FN3O2S. The second kappa shape index (κ2) is 7.40. The van der Waals surface area contributed by atoms with Crippen molar-refractivity contribution in [2.75, 3.05) is 26.2 Å². The average Bonchev–Trinajstić information content (AvgIpc) is 3.28. The molecule has 3 aliphatic heterocycles. The van der Waals surface area contributed by atoms with Crippen molar-refractivity contribution in [2.45, 2.75) is 31.7 Å². The molecule has 138 valence electrons. The van der Waals surface area contributed by atoms with Gasteiger partial charge in [0.15, 0.2) is 5.17 Å². The van der Waals surface area contributed by atoms with E-state index < -0.39 is 5.82 Å². The van der Waals surface area contributed by atoms with Crippen molar-refractivity contribution >= 4 is 28.9 Å². The standard InChI is InChI=1S/C19H22FN3O2S/c20-14-4-3-13(16(24)12-14)11-17-18(25)21-19(26-17)23-9-5-15(6-10-23)22-7-1-2-8-22/h3-4,11-12,15,24H,1-2,5-10H2/b17-11-. The number of carbonyl (C=O) groups excluding carboxylic acids is 1. The maximum atomic E-state index is 13.1. The minimum atomic E-state index is -0.507. The highest BCUT2D eigenvalue weighted by Crippen LogP contribution is 2.33. The molecule has 2 saturated heterocycles. The molecule has 0 saturated carbocycles. The number of amides is 1. The Morgan fingerprint density at radius 2 is 1.92 bits per heavy atom. The van der Waals surface area contributed by atoms with E-state index in [1.807, 2.05) is 0 Å². The number of halogens is 1. The number of rotatable bonds is 2. The number of benzene rings is 1. The van der Waals surface area contributed by atoms with Crippen LogP contribution in [0.5, 0.6) is 5.75 Å². The number of hydrogen-bond acceptors (Lipinski definition) is 5. The normalized spacial score (nSPS) is 23.9. The lowest BCUT2D eigenvalue weighted by atomic mass is 10.0. The van der Waals surface area contributed by atoms with Crippen LogP contribution in [0.2, 0.25) is 0 Å². The summed E-state index contributed by atoms with van der Waals surface area (Å²) in [6.07, 6.45) is 6.40. The van der Waals surface area contributed by atoms with Crippen molar-refractivity contribution in [1.29, 1.82) is 0 Å². The summed E-state index contributed by atoms with van der Waals surface area (Å²) >= 11 is 1.34. The van der Waals surface area contributed by atoms with Gasteiger partial charge >= 0.3 is 0 Å². The van der Waals surface area contributed by atoms with Gasteiger partial charge in [0.05, 0.1) is 4.91 Å². The molecule has 1 aromatic carbocycles. The summed E-state index contributed by atoms with van der Waals surface area (Å²) in [6.45, 7) is 4.25. The third-order valence-corrected chi connectivity index (χ3v) is 6.32. The van der Waals surface area contributed by atoms with E-state index in [9.17, 15) is 14.3 Å². The zero-order valence-corrected chi connectivity index (χ0v) is 15.3. The number of amidine groups is 1. The van der Waals surface area contributed by atoms with Crippen LogP contribution in [0.1, 0.15) is 31.2 Å². The predicted molar refractivity (Wildman–Crippen MR) is 101 cm³/mol. The first-order valence-electron chi connectivity index (χ1n) is 9.10. The number of phenols is 1. The fourth-order valence-electron chi connectivity index (χ4n) is 3.84. The summed E-state index contributed by atoms with van der Waals surface area (Å²) in [5.41, 5.74) is 0.423. The van der Waals surface area contributed by atoms with Crippen LogP contribution in [0.4, 0.5) is 4.39 Å². The Balaban J connectivity index is 1.40. The van der Waals surface area contributed by atoms with Crippen LogP contribution in [0.25, 0.3) is 6.08 Å². The summed E-state index contributed by atoms with van der Waals surface area (Å²) in [5.74, 6) is -0.978. The van der Waals surface area contributed by atoms with Gasteiger partial charge in [-0.3, -0.25) is 4.79 Å². The molecule has 0 aliphatic carbocycles. The molecule has 0 atom stereocenters. The summed E-state index contributed by atoms with van der Waals surface area (Å²) < 4.78 is 13.1. The Morgan fingerprint density at radius 3 is 2.62 bits per heavy atom. The Kier molecular flexibility index (Phi) is 5.00. The van der Waals surface area contributed by atoms with E-state index in [-0.39, 0.29) is 11.7 Å². The summed E-state index contributed by atoms with van der Waals surface area (Å²) in [4.78, 5) is 21.6. The largest absolute Gasteiger partial charge is 0.507 e. The van der Waals surface area contributed by atoms with Gasteiger partial charge in [0.2, 0.25) is 0 Å². The molecule has 2 fully saturated rings. The van der Waals surface area contributed by atoms with Gasteiger partial charge in [0, 0.05) is 30.8 Å². The molecular weight excluding hydrogens is 353 g/mol. The van der Waals surface area contributed by atoms with Gasteiger partial charge in [0.25, 0.3) is 5.91 Å². The Morgan fingerprint density at radius 1 is 1.19 bits per heavy atom. The number of piperidine rings is 1. The Hall–Kier alpha value is -1.86. The van der Waals surface area contributed by atoms with Crippen LogP contribution >= 0.6 is 11.8 Å². The Labute approximate surface area is 156 Å². The van der Waals surface area contributed by atoms with Crippen LogP contribution in [-0.2, 0) is 4.79 Å². The molecule has 0 unspecified atom stereocenters. The lowest BCUT2D eigenvalue weighted by Gasteiger charge is -2.37. The second-order valence-electron chi connectivity index (χ2n) is 6.97. The van der Waals surface area contributed by atoms with E-state index in [2.05, 4.69) is 14.8 Å². The molecule has 4 rings (SSSR count). The van der Waals surface area contributed by atoms with Gasteiger partial charge in [0.1, 0.15) is 11.6 Å². The number of aromatic hydroxyl groups is 1. The van der Waals surface area contributed by atoms with Crippen molar-refractivity contribution in [1.82, 2.24) is 9.80 Å². The smallest absolute Gasteiger partial charge is 0.286 e. The third-order valence-electron chi connectivity index (χ3n) is 5.28. The molecule has 26 heavy (non-hydrogen) atoms. The maximum Gasteiger partial charge on any atom is 0.286 e. The molecule has 3 heterocycles. The first-order valence-corrected chi connectivity index (χ1v) is 9.92. The molecule has 5 nitrogen and oxygen atoms in total. The molecule has 0 radical (unpaired) electrons. The van der Waals surface area contributed by atoms with Crippen LogP contribution in [0.15, 0.2) is 28.1 Å². The fraction of sp³-hybridized carbons (Fsp3) is 0.474. The number of phenolic OH excluding ortho intramolecular Hbond substituents is 1. The fourth-order valence-corrected chi connectivity index (χ4v) is 4.80. The number of hydrogen-bond donors (Lipinski definition) is 1. The van der Waals surface area contributed by atoms with Gasteiger partial charge < -0.3 is 14.9 Å². The van der Waals surface area contributed by atoms with Crippen molar-refractivity contribution in [3.63, 3.8) is 0 Å². The lowest BCUT2D eigenvalue weighted by molar-refractivity contribution is -0.113. The summed E-state index contributed by atoms with van der Waals surface area (Å²) in [5, 5.41) is 10.6. The van der Waals surface area contributed by atoms with Crippen molar-refractivity contribution < 1.29 is 14.3 Å². The highest BCUT2D eigenvalue weighted by molar-refractivity contribution is 8.18. The van der Waals surface area contributed by atoms with Crippen LogP contribution in [0.3, 0.4) is 0 Å². The SMILES string of the molecule is O=C1N=C(N2CCC(N3CCCC3)CC2)S/C1=C\c1ccc(F)cc1O. The van der Waals surface area contributed by atoms with Gasteiger partial charge in [-0.2, -0.15) is 4.99 Å². The predicted octanol–water partition coefficient (Wildman–Crippen LogP) is 3.06. The topological polar surface area (TPSA) is 56.1 Å². The van der Waals surface area contributed by atoms with Crippen LogP contribution < -0.4 is 0 Å². The first kappa shape index (κ1) is 17.5. The lowest BCUT2D eigenvalue weighted by Crippen LogP contribution is -2.45. The zero-order valence-electron chi connectivity index (χ0n) is 14.5.